The Kier molecular flexibility index (Phi) is 5.16. The lowest BCUT2D eigenvalue weighted by molar-refractivity contribution is -0.135. The van der Waals surface area contributed by atoms with Crippen LogP contribution in [0.5, 0.6) is 0 Å². The molecule has 21 heavy (non-hydrogen) atoms. The predicted molar refractivity (Wildman–Crippen MR) is 86.1 cm³/mol. The van der Waals surface area contributed by atoms with Crippen molar-refractivity contribution >= 4 is 17.7 Å². The summed E-state index contributed by atoms with van der Waals surface area (Å²) in [6.07, 6.45) is 1.84. The molecule has 3 nitrogen and oxygen atoms in total. The second kappa shape index (κ2) is 7.29. The quantitative estimate of drug-likeness (QED) is 0.671. The molecule has 0 aromatic heterocycles. The standard InChI is InChI=1S/C18H19NO2/c1-14-8-10-17(11-9-14)19-13-16(18(20)21-2)12-15-6-4-3-5-7-15/h3-12,19H,13H2,1-2H3/b16-12-. The number of carbonyl (C=O) groups excluding carboxylic acids is 1. The first-order valence-electron chi connectivity index (χ1n) is 6.83. The van der Waals surface area contributed by atoms with E-state index in [-0.39, 0.29) is 5.97 Å². The van der Waals surface area contributed by atoms with Crippen molar-refractivity contribution in [3.63, 3.8) is 0 Å². The van der Waals surface area contributed by atoms with Crippen LogP contribution in [0.4, 0.5) is 5.69 Å². The monoisotopic (exact) mass is 281 g/mol. The number of rotatable bonds is 5. The van der Waals surface area contributed by atoms with Crippen molar-refractivity contribution < 1.29 is 9.53 Å². The third-order valence-electron chi connectivity index (χ3n) is 3.12. The van der Waals surface area contributed by atoms with Gasteiger partial charge in [0.15, 0.2) is 0 Å². The van der Waals surface area contributed by atoms with Crippen LogP contribution in [0.1, 0.15) is 11.1 Å². The minimum Gasteiger partial charge on any atom is -0.466 e. The van der Waals surface area contributed by atoms with Gasteiger partial charge in [-0.1, -0.05) is 48.0 Å². The molecule has 1 N–H and O–H groups in total. The number of hydrogen-bond acceptors (Lipinski definition) is 3. The number of methoxy groups -OCH3 is 1. The highest BCUT2D eigenvalue weighted by Gasteiger charge is 2.09. The van der Waals surface area contributed by atoms with E-state index in [0.717, 1.165) is 11.3 Å². The number of benzene rings is 2. The zero-order valence-electron chi connectivity index (χ0n) is 12.3. The summed E-state index contributed by atoms with van der Waals surface area (Å²) in [6, 6.07) is 17.8. The average molecular weight is 281 g/mol. The molecule has 0 radical (unpaired) electrons. The summed E-state index contributed by atoms with van der Waals surface area (Å²) in [7, 11) is 1.40. The summed E-state index contributed by atoms with van der Waals surface area (Å²) in [5.41, 5.74) is 3.74. The zero-order valence-corrected chi connectivity index (χ0v) is 12.3. The number of anilines is 1. The van der Waals surface area contributed by atoms with E-state index in [1.165, 1.54) is 12.7 Å². The van der Waals surface area contributed by atoms with E-state index in [2.05, 4.69) is 5.32 Å². The highest BCUT2D eigenvalue weighted by atomic mass is 16.5. The maximum Gasteiger partial charge on any atom is 0.335 e. The van der Waals surface area contributed by atoms with Gasteiger partial charge in [-0.25, -0.2) is 4.79 Å². The molecule has 3 heteroatoms. The van der Waals surface area contributed by atoms with Crippen LogP contribution in [0.15, 0.2) is 60.2 Å². The number of aryl methyl sites for hydroxylation is 1. The van der Waals surface area contributed by atoms with E-state index in [9.17, 15) is 4.79 Å². The fourth-order valence-corrected chi connectivity index (χ4v) is 1.93. The normalized spacial score (nSPS) is 11.0. The van der Waals surface area contributed by atoms with Gasteiger partial charge in [0.05, 0.1) is 12.7 Å². The second-order valence-corrected chi connectivity index (χ2v) is 4.79. The van der Waals surface area contributed by atoms with Crippen molar-refractivity contribution in [3.05, 3.63) is 71.3 Å². The van der Waals surface area contributed by atoms with Gasteiger partial charge < -0.3 is 10.1 Å². The molecule has 0 saturated heterocycles. The first-order valence-corrected chi connectivity index (χ1v) is 6.83. The molecule has 0 aliphatic heterocycles. The summed E-state index contributed by atoms with van der Waals surface area (Å²) in [4.78, 5) is 11.9. The molecular weight excluding hydrogens is 262 g/mol. The SMILES string of the molecule is COC(=O)/C(=C\c1ccccc1)CNc1ccc(C)cc1. The van der Waals surface area contributed by atoms with Gasteiger partial charge >= 0.3 is 5.97 Å². The van der Waals surface area contributed by atoms with Crippen LogP contribution in [-0.4, -0.2) is 19.6 Å². The summed E-state index contributed by atoms with van der Waals surface area (Å²) < 4.78 is 4.84. The van der Waals surface area contributed by atoms with Crippen LogP contribution in [-0.2, 0) is 9.53 Å². The van der Waals surface area contributed by atoms with E-state index in [1.54, 1.807) is 0 Å². The Hall–Kier alpha value is -2.55. The van der Waals surface area contributed by atoms with E-state index in [4.69, 9.17) is 4.74 Å². The van der Waals surface area contributed by atoms with Gasteiger partial charge in [0, 0.05) is 12.2 Å². The molecule has 2 aromatic rings. The minimum atomic E-state index is -0.321. The Balaban J connectivity index is 2.12. The molecular formula is C18H19NO2. The zero-order chi connectivity index (χ0) is 15.1. The number of ether oxygens (including phenoxy) is 1. The molecule has 2 rings (SSSR count). The molecule has 0 aliphatic rings. The first-order chi connectivity index (χ1) is 10.2. The number of esters is 1. The Morgan fingerprint density at radius 2 is 1.76 bits per heavy atom. The molecule has 0 saturated carbocycles. The van der Waals surface area contributed by atoms with Crippen molar-refractivity contribution in [2.24, 2.45) is 0 Å². The van der Waals surface area contributed by atoms with Gasteiger partial charge in [-0.05, 0) is 30.7 Å². The minimum absolute atomic E-state index is 0.321. The van der Waals surface area contributed by atoms with Crippen LogP contribution in [0.25, 0.3) is 6.08 Å². The Labute approximate surface area is 125 Å². The molecule has 0 aliphatic carbocycles. The molecule has 108 valence electrons. The first kappa shape index (κ1) is 14.9. The maximum atomic E-state index is 11.9. The van der Waals surface area contributed by atoms with Crippen LogP contribution in [0.2, 0.25) is 0 Å². The van der Waals surface area contributed by atoms with Crippen LogP contribution >= 0.6 is 0 Å². The molecule has 0 unspecified atom stereocenters. The van der Waals surface area contributed by atoms with Crippen molar-refractivity contribution in [1.82, 2.24) is 0 Å². The number of carbonyl (C=O) groups is 1. The van der Waals surface area contributed by atoms with E-state index in [1.807, 2.05) is 67.6 Å². The van der Waals surface area contributed by atoms with Gasteiger partial charge in [0.2, 0.25) is 0 Å². The lowest BCUT2D eigenvalue weighted by Crippen LogP contribution is -2.14. The van der Waals surface area contributed by atoms with Gasteiger partial charge in [-0.3, -0.25) is 0 Å². The van der Waals surface area contributed by atoms with Crippen molar-refractivity contribution in [3.8, 4) is 0 Å². The van der Waals surface area contributed by atoms with E-state index >= 15 is 0 Å². The summed E-state index contributed by atoms with van der Waals surface area (Å²) >= 11 is 0. The van der Waals surface area contributed by atoms with Crippen molar-refractivity contribution in [2.75, 3.05) is 19.0 Å². The molecule has 0 bridgehead atoms. The Morgan fingerprint density at radius 1 is 1.10 bits per heavy atom. The number of nitrogens with one attached hydrogen (secondary N) is 1. The fourth-order valence-electron chi connectivity index (χ4n) is 1.93. The highest BCUT2D eigenvalue weighted by Crippen LogP contribution is 2.12. The Morgan fingerprint density at radius 3 is 2.38 bits per heavy atom. The Bertz CT molecular complexity index is 615. The maximum absolute atomic E-state index is 11.9. The van der Waals surface area contributed by atoms with Crippen molar-refractivity contribution in [1.29, 1.82) is 0 Å². The molecule has 0 amide bonds. The fraction of sp³-hybridized carbons (Fsp3) is 0.167. The third-order valence-corrected chi connectivity index (χ3v) is 3.12. The van der Waals surface area contributed by atoms with Gasteiger partial charge in [0.25, 0.3) is 0 Å². The van der Waals surface area contributed by atoms with Crippen molar-refractivity contribution in [2.45, 2.75) is 6.92 Å². The van der Waals surface area contributed by atoms with Crippen LogP contribution in [0.3, 0.4) is 0 Å². The highest BCUT2D eigenvalue weighted by molar-refractivity contribution is 5.94. The molecule has 0 atom stereocenters. The van der Waals surface area contributed by atoms with Gasteiger partial charge in [-0.15, -0.1) is 0 Å². The summed E-state index contributed by atoms with van der Waals surface area (Å²) in [6.45, 7) is 2.46. The smallest absolute Gasteiger partial charge is 0.335 e. The van der Waals surface area contributed by atoms with Crippen LogP contribution in [0, 0.1) is 6.92 Å². The van der Waals surface area contributed by atoms with E-state index < -0.39 is 0 Å². The lowest BCUT2D eigenvalue weighted by Gasteiger charge is -2.09. The molecule has 2 aromatic carbocycles. The topological polar surface area (TPSA) is 38.3 Å². The molecule has 0 spiro atoms. The summed E-state index contributed by atoms with van der Waals surface area (Å²) in [5, 5.41) is 3.24. The van der Waals surface area contributed by atoms with Gasteiger partial charge in [-0.2, -0.15) is 0 Å². The number of hydrogen-bond donors (Lipinski definition) is 1. The lowest BCUT2D eigenvalue weighted by atomic mass is 10.1. The predicted octanol–water partition coefficient (Wildman–Crippen LogP) is 3.66. The van der Waals surface area contributed by atoms with Crippen LogP contribution < -0.4 is 5.32 Å². The second-order valence-electron chi connectivity index (χ2n) is 4.79. The van der Waals surface area contributed by atoms with Gasteiger partial charge in [0.1, 0.15) is 0 Å². The average Bonchev–Trinajstić information content (AvgIpc) is 2.53. The largest absolute Gasteiger partial charge is 0.466 e. The van der Waals surface area contributed by atoms with E-state index in [0.29, 0.717) is 12.1 Å². The molecule has 0 fully saturated rings. The third kappa shape index (κ3) is 4.49. The molecule has 0 heterocycles. The summed E-state index contributed by atoms with van der Waals surface area (Å²) in [5.74, 6) is -0.321.